The molecule has 2 aromatic rings. The van der Waals surface area contributed by atoms with E-state index in [-0.39, 0.29) is 23.3 Å². The van der Waals surface area contributed by atoms with Gasteiger partial charge in [-0.3, -0.25) is 4.79 Å². The predicted octanol–water partition coefficient (Wildman–Crippen LogP) is 3.00. The van der Waals surface area contributed by atoms with Crippen LogP contribution in [0.4, 0.5) is 0 Å². The number of carbonyl (C=O) groups is 1. The molecule has 158 valence electrons. The maximum absolute atomic E-state index is 12.7. The summed E-state index contributed by atoms with van der Waals surface area (Å²) in [5, 5.41) is 9.79. The number of amides is 1. The van der Waals surface area contributed by atoms with Crippen molar-refractivity contribution in [1.82, 2.24) is 9.62 Å². The number of carbonyl (C=O) groups excluding carboxylic acids is 1. The fraction of sp³-hybridized carbons (Fsp3) is 0.409. The Labute approximate surface area is 173 Å². The number of rotatable bonds is 10. The molecule has 0 spiro atoms. The Balaban J connectivity index is 2.12. The molecule has 0 aliphatic carbocycles. The minimum Gasteiger partial charge on any atom is -0.393 e. The van der Waals surface area contributed by atoms with Crippen LogP contribution in [0, 0.1) is 0 Å². The van der Waals surface area contributed by atoms with Crippen LogP contribution in [0.1, 0.15) is 49.0 Å². The second-order valence-corrected chi connectivity index (χ2v) is 8.81. The standard InChI is InChI=1S/C22H30N2O4S/c1-4-24(5-2)22(26)19-11-13-21(14-12-19)29(27,28)23-16-20(15-17(3)25)18-9-7-6-8-10-18/h6-14,17,20,23,25H,4-5,15-16H2,1-3H3/t17-,20-/m0/s1. The summed E-state index contributed by atoms with van der Waals surface area (Å²) in [6.45, 7) is 6.87. The highest BCUT2D eigenvalue weighted by molar-refractivity contribution is 7.89. The van der Waals surface area contributed by atoms with Gasteiger partial charge in [-0.25, -0.2) is 13.1 Å². The minimum atomic E-state index is -3.73. The largest absolute Gasteiger partial charge is 0.393 e. The third kappa shape index (κ3) is 6.39. The first-order valence-corrected chi connectivity index (χ1v) is 11.4. The van der Waals surface area contributed by atoms with Crippen molar-refractivity contribution in [3.05, 3.63) is 65.7 Å². The smallest absolute Gasteiger partial charge is 0.253 e. The van der Waals surface area contributed by atoms with E-state index >= 15 is 0 Å². The molecule has 0 aromatic heterocycles. The molecule has 0 unspecified atom stereocenters. The van der Waals surface area contributed by atoms with Gasteiger partial charge in [0.15, 0.2) is 0 Å². The Hall–Kier alpha value is -2.22. The molecule has 7 heteroatoms. The summed E-state index contributed by atoms with van der Waals surface area (Å²) in [6, 6.07) is 15.5. The number of sulfonamides is 1. The molecule has 2 rings (SSSR count). The molecule has 1 amide bonds. The average molecular weight is 419 g/mol. The maximum atomic E-state index is 12.7. The van der Waals surface area contributed by atoms with Crippen molar-refractivity contribution in [1.29, 1.82) is 0 Å². The lowest BCUT2D eigenvalue weighted by molar-refractivity contribution is 0.0773. The number of hydrogen-bond donors (Lipinski definition) is 2. The van der Waals surface area contributed by atoms with E-state index < -0.39 is 16.1 Å². The van der Waals surface area contributed by atoms with Crippen LogP contribution in [-0.4, -0.2) is 50.1 Å². The summed E-state index contributed by atoms with van der Waals surface area (Å²) >= 11 is 0. The third-order valence-electron chi connectivity index (χ3n) is 4.88. The van der Waals surface area contributed by atoms with Crippen LogP contribution in [-0.2, 0) is 10.0 Å². The number of aliphatic hydroxyl groups is 1. The first-order valence-electron chi connectivity index (χ1n) is 9.90. The number of benzene rings is 2. The van der Waals surface area contributed by atoms with Gasteiger partial charge >= 0.3 is 0 Å². The van der Waals surface area contributed by atoms with Crippen molar-refractivity contribution in [3.8, 4) is 0 Å². The predicted molar refractivity (Wildman–Crippen MR) is 114 cm³/mol. The van der Waals surface area contributed by atoms with E-state index in [9.17, 15) is 18.3 Å². The van der Waals surface area contributed by atoms with Crippen molar-refractivity contribution in [2.75, 3.05) is 19.6 Å². The van der Waals surface area contributed by atoms with Gasteiger partial charge in [0.25, 0.3) is 5.91 Å². The minimum absolute atomic E-state index is 0.109. The molecule has 2 aromatic carbocycles. The molecule has 0 aliphatic rings. The van der Waals surface area contributed by atoms with Crippen molar-refractivity contribution in [2.24, 2.45) is 0 Å². The van der Waals surface area contributed by atoms with Crippen molar-refractivity contribution >= 4 is 15.9 Å². The molecule has 0 aliphatic heterocycles. The second-order valence-electron chi connectivity index (χ2n) is 7.05. The topological polar surface area (TPSA) is 86.7 Å². The molecular weight excluding hydrogens is 388 g/mol. The van der Waals surface area contributed by atoms with Gasteiger partial charge in [0, 0.05) is 25.2 Å². The molecule has 2 atom stereocenters. The Bertz CT molecular complexity index is 877. The van der Waals surface area contributed by atoms with Gasteiger partial charge in [0.2, 0.25) is 10.0 Å². The van der Waals surface area contributed by atoms with Gasteiger partial charge in [-0.05, 0) is 62.9 Å². The highest BCUT2D eigenvalue weighted by atomic mass is 32.2. The lowest BCUT2D eigenvalue weighted by atomic mass is 9.94. The van der Waals surface area contributed by atoms with Crippen LogP contribution in [0.5, 0.6) is 0 Å². The number of nitrogens with zero attached hydrogens (tertiary/aromatic N) is 1. The molecule has 2 N–H and O–H groups in total. The number of nitrogens with one attached hydrogen (secondary N) is 1. The normalized spacial score (nSPS) is 13.7. The fourth-order valence-electron chi connectivity index (χ4n) is 3.24. The Morgan fingerprint density at radius 3 is 2.14 bits per heavy atom. The summed E-state index contributed by atoms with van der Waals surface area (Å²) < 4.78 is 28.1. The van der Waals surface area contributed by atoms with Gasteiger partial charge in [-0.1, -0.05) is 30.3 Å². The zero-order valence-corrected chi connectivity index (χ0v) is 18.0. The quantitative estimate of drug-likeness (QED) is 0.621. The Morgan fingerprint density at radius 2 is 1.62 bits per heavy atom. The molecule has 0 heterocycles. The summed E-state index contributed by atoms with van der Waals surface area (Å²) in [5.74, 6) is -0.262. The molecule has 0 radical (unpaired) electrons. The summed E-state index contributed by atoms with van der Waals surface area (Å²) in [4.78, 5) is 14.2. The van der Waals surface area contributed by atoms with E-state index in [2.05, 4.69) is 4.72 Å². The van der Waals surface area contributed by atoms with E-state index in [1.807, 2.05) is 44.2 Å². The molecule has 0 saturated carbocycles. The van der Waals surface area contributed by atoms with Crippen molar-refractivity contribution in [3.63, 3.8) is 0 Å². The highest BCUT2D eigenvalue weighted by Crippen LogP contribution is 2.21. The third-order valence-corrected chi connectivity index (χ3v) is 6.32. The van der Waals surface area contributed by atoms with Gasteiger partial charge < -0.3 is 10.0 Å². The number of aliphatic hydroxyl groups excluding tert-OH is 1. The summed E-state index contributed by atoms with van der Waals surface area (Å²) in [7, 11) is -3.73. The molecular formula is C22H30N2O4S. The van der Waals surface area contributed by atoms with Gasteiger partial charge in [-0.2, -0.15) is 0 Å². The first-order chi connectivity index (χ1) is 13.8. The van der Waals surface area contributed by atoms with Crippen LogP contribution < -0.4 is 4.72 Å². The summed E-state index contributed by atoms with van der Waals surface area (Å²) in [5.41, 5.74) is 1.43. The maximum Gasteiger partial charge on any atom is 0.253 e. The van der Waals surface area contributed by atoms with Crippen molar-refractivity contribution in [2.45, 2.75) is 44.1 Å². The van der Waals surface area contributed by atoms with E-state index in [1.54, 1.807) is 24.0 Å². The Kier molecular flexibility index (Phi) is 8.37. The van der Waals surface area contributed by atoms with Crippen LogP contribution in [0.15, 0.2) is 59.5 Å². The van der Waals surface area contributed by atoms with Crippen LogP contribution in [0.25, 0.3) is 0 Å². The monoisotopic (exact) mass is 418 g/mol. The van der Waals surface area contributed by atoms with Crippen LogP contribution in [0.3, 0.4) is 0 Å². The molecule has 0 bridgehead atoms. The van der Waals surface area contributed by atoms with E-state index in [1.165, 1.54) is 12.1 Å². The van der Waals surface area contributed by atoms with Crippen LogP contribution in [0.2, 0.25) is 0 Å². The lowest BCUT2D eigenvalue weighted by Gasteiger charge is -2.20. The average Bonchev–Trinajstić information content (AvgIpc) is 2.72. The van der Waals surface area contributed by atoms with Crippen molar-refractivity contribution < 1.29 is 18.3 Å². The zero-order chi connectivity index (χ0) is 21.4. The first kappa shape index (κ1) is 23.1. The van der Waals surface area contributed by atoms with E-state index in [0.29, 0.717) is 25.1 Å². The second kappa shape index (κ2) is 10.5. The van der Waals surface area contributed by atoms with Crippen LogP contribution >= 0.6 is 0 Å². The SMILES string of the molecule is CCN(CC)C(=O)c1ccc(S(=O)(=O)NC[C@H](C[C@H](C)O)c2ccccc2)cc1. The molecule has 0 saturated heterocycles. The molecule has 6 nitrogen and oxygen atoms in total. The molecule has 29 heavy (non-hydrogen) atoms. The fourth-order valence-corrected chi connectivity index (χ4v) is 4.32. The van der Waals surface area contributed by atoms with Gasteiger partial charge in [-0.15, -0.1) is 0 Å². The lowest BCUT2D eigenvalue weighted by Crippen LogP contribution is -2.31. The zero-order valence-electron chi connectivity index (χ0n) is 17.2. The number of hydrogen-bond acceptors (Lipinski definition) is 4. The molecule has 0 fully saturated rings. The van der Waals surface area contributed by atoms with E-state index in [4.69, 9.17) is 0 Å². The van der Waals surface area contributed by atoms with Gasteiger partial charge in [0.05, 0.1) is 11.0 Å². The summed E-state index contributed by atoms with van der Waals surface area (Å²) in [6.07, 6.45) is -0.0980. The Morgan fingerprint density at radius 1 is 1.03 bits per heavy atom. The van der Waals surface area contributed by atoms with E-state index in [0.717, 1.165) is 5.56 Å². The highest BCUT2D eigenvalue weighted by Gasteiger charge is 2.20. The van der Waals surface area contributed by atoms with Gasteiger partial charge in [0.1, 0.15) is 0 Å².